The van der Waals surface area contributed by atoms with E-state index >= 15 is 0 Å². The van der Waals surface area contributed by atoms with Gasteiger partial charge in [-0.2, -0.15) is 0 Å². The minimum atomic E-state index is -4.02. The average Bonchev–Trinajstić information content (AvgIpc) is 3.79. The average molecular weight is 526 g/mol. The van der Waals surface area contributed by atoms with Gasteiger partial charge in [-0.1, -0.05) is 72.8 Å². The number of carbonyl (C=O) groups excluding carboxylic acids is 2. The summed E-state index contributed by atoms with van der Waals surface area (Å²) in [5.74, 6) is -0.819. The largest absolute Gasteiger partial charge is 0.379 e. The van der Waals surface area contributed by atoms with Crippen LogP contribution in [0.2, 0.25) is 0 Å². The second-order valence-electron chi connectivity index (χ2n) is 9.19. The lowest BCUT2D eigenvalue weighted by Gasteiger charge is -2.15. The molecule has 4 aromatic carbocycles. The van der Waals surface area contributed by atoms with Crippen molar-refractivity contribution in [2.24, 2.45) is 5.92 Å². The Morgan fingerprint density at radius 2 is 1.37 bits per heavy atom. The lowest BCUT2D eigenvalue weighted by molar-refractivity contribution is -0.117. The van der Waals surface area contributed by atoms with Gasteiger partial charge in [0.15, 0.2) is 0 Å². The van der Waals surface area contributed by atoms with Crippen molar-refractivity contribution in [3.63, 3.8) is 0 Å². The third kappa shape index (κ3) is 6.10. The third-order valence-corrected chi connectivity index (χ3v) is 7.66. The molecule has 0 atom stereocenters. The standard InChI is InChI=1S/C30H27N3O4S/c34-29(24-15-16-24)32-27-18-17-25(30(35)33-38(36,37)26-9-5-2-6-10-26)19-28(27)31-20-21-11-13-23(14-12-21)22-7-3-1-4-8-22/h1-14,17-19,24,31H,15-16,20H2,(H,32,34)(H,33,35). The third-order valence-electron chi connectivity index (χ3n) is 6.31. The summed E-state index contributed by atoms with van der Waals surface area (Å²) in [5.41, 5.74) is 4.44. The summed E-state index contributed by atoms with van der Waals surface area (Å²) in [6.45, 7) is 0.439. The first-order chi connectivity index (χ1) is 18.4. The number of anilines is 2. The Balaban J connectivity index is 1.34. The maximum absolute atomic E-state index is 12.9. The van der Waals surface area contributed by atoms with Crippen molar-refractivity contribution in [1.82, 2.24) is 4.72 Å². The number of amides is 2. The van der Waals surface area contributed by atoms with Crippen LogP contribution in [0.1, 0.15) is 28.8 Å². The summed E-state index contributed by atoms with van der Waals surface area (Å²) < 4.78 is 27.4. The normalized spacial score (nSPS) is 12.9. The Bertz CT molecular complexity index is 1550. The summed E-state index contributed by atoms with van der Waals surface area (Å²) in [7, 11) is -4.02. The van der Waals surface area contributed by atoms with Crippen molar-refractivity contribution in [2.45, 2.75) is 24.3 Å². The van der Waals surface area contributed by atoms with Crippen LogP contribution in [0.3, 0.4) is 0 Å². The van der Waals surface area contributed by atoms with Crippen molar-refractivity contribution in [3.05, 3.63) is 114 Å². The highest BCUT2D eigenvalue weighted by Crippen LogP contribution is 2.32. The van der Waals surface area contributed by atoms with E-state index in [4.69, 9.17) is 0 Å². The van der Waals surface area contributed by atoms with Crippen molar-refractivity contribution < 1.29 is 18.0 Å². The van der Waals surface area contributed by atoms with Crippen LogP contribution in [0.25, 0.3) is 11.1 Å². The van der Waals surface area contributed by atoms with Crippen LogP contribution in [0, 0.1) is 5.92 Å². The Morgan fingerprint density at radius 1 is 0.737 bits per heavy atom. The predicted molar refractivity (Wildman–Crippen MR) is 148 cm³/mol. The van der Waals surface area contributed by atoms with Gasteiger partial charge in [0.1, 0.15) is 0 Å². The van der Waals surface area contributed by atoms with Gasteiger partial charge in [0.25, 0.3) is 15.9 Å². The first-order valence-corrected chi connectivity index (χ1v) is 13.8. The van der Waals surface area contributed by atoms with Crippen molar-refractivity contribution in [1.29, 1.82) is 0 Å². The van der Waals surface area contributed by atoms with Crippen LogP contribution in [0.15, 0.2) is 108 Å². The smallest absolute Gasteiger partial charge is 0.265 e. The number of hydrogen-bond donors (Lipinski definition) is 3. The van der Waals surface area contributed by atoms with Crippen molar-refractivity contribution >= 4 is 33.2 Å². The van der Waals surface area contributed by atoms with E-state index in [0.717, 1.165) is 29.5 Å². The van der Waals surface area contributed by atoms with Gasteiger partial charge >= 0.3 is 0 Å². The second-order valence-corrected chi connectivity index (χ2v) is 10.9. The molecule has 0 spiro atoms. The van der Waals surface area contributed by atoms with Gasteiger partial charge in [0.2, 0.25) is 5.91 Å². The molecule has 0 bridgehead atoms. The number of carbonyl (C=O) groups is 2. The molecule has 8 heteroatoms. The van der Waals surface area contributed by atoms with E-state index in [1.54, 1.807) is 30.3 Å². The van der Waals surface area contributed by atoms with Crippen LogP contribution in [0.5, 0.6) is 0 Å². The summed E-state index contributed by atoms with van der Waals surface area (Å²) >= 11 is 0. The molecule has 0 aromatic heterocycles. The molecule has 38 heavy (non-hydrogen) atoms. The first-order valence-electron chi connectivity index (χ1n) is 12.3. The van der Waals surface area contributed by atoms with E-state index in [2.05, 4.69) is 27.5 Å². The van der Waals surface area contributed by atoms with Gasteiger partial charge in [0, 0.05) is 18.0 Å². The van der Waals surface area contributed by atoms with Gasteiger partial charge in [-0.15, -0.1) is 0 Å². The monoisotopic (exact) mass is 525 g/mol. The molecule has 0 unspecified atom stereocenters. The summed E-state index contributed by atoms with van der Waals surface area (Å²) in [6, 6.07) is 30.6. The van der Waals surface area contributed by atoms with E-state index in [0.29, 0.717) is 17.9 Å². The zero-order valence-electron chi connectivity index (χ0n) is 20.6. The fourth-order valence-corrected chi connectivity index (χ4v) is 5.00. The number of benzene rings is 4. The molecule has 2 amide bonds. The molecule has 1 aliphatic carbocycles. The Kier molecular flexibility index (Phi) is 7.24. The van der Waals surface area contributed by atoms with E-state index in [1.807, 2.05) is 42.5 Å². The molecule has 192 valence electrons. The maximum atomic E-state index is 12.9. The minimum Gasteiger partial charge on any atom is -0.379 e. The molecule has 7 nitrogen and oxygen atoms in total. The van der Waals surface area contributed by atoms with Gasteiger partial charge in [0.05, 0.1) is 16.3 Å². The zero-order chi connectivity index (χ0) is 26.5. The molecule has 4 aromatic rings. The van der Waals surface area contributed by atoms with E-state index in [-0.39, 0.29) is 22.3 Å². The quantitative estimate of drug-likeness (QED) is 0.270. The number of sulfonamides is 1. The van der Waals surface area contributed by atoms with Gasteiger partial charge in [-0.25, -0.2) is 13.1 Å². The zero-order valence-corrected chi connectivity index (χ0v) is 21.4. The Labute approximate surface area is 222 Å². The highest BCUT2D eigenvalue weighted by molar-refractivity contribution is 7.90. The van der Waals surface area contributed by atoms with Crippen LogP contribution in [-0.2, 0) is 21.4 Å². The van der Waals surface area contributed by atoms with Crippen LogP contribution in [0.4, 0.5) is 11.4 Å². The summed E-state index contributed by atoms with van der Waals surface area (Å²) in [6.07, 6.45) is 1.72. The van der Waals surface area contributed by atoms with Crippen LogP contribution < -0.4 is 15.4 Å². The van der Waals surface area contributed by atoms with E-state index in [1.165, 1.54) is 18.2 Å². The highest BCUT2D eigenvalue weighted by atomic mass is 32.2. The summed E-state index contributed by atoms with van der Waals surface area (Å²) in [4.78, 5) is 25.3. The predicted octanol–water partition coefficient (Wildman–Crippen LogP) is 5.43. The Hall–Kier alpha value is -4.43. The topological polar surface area (TPSA) is 104 Å². The lowest BCUT2D eigenvalue weighted by atomic mass is 10.0. The number of hydrogen-bond acceptors (Lipinski definition) is 5. The Morgan fingerprint density at radius 3 is 2.03 bits per heavy atom. The van der Waals surface area contributed by atoms with Crippen molar-refractivity contribution in [3.8, 4) is 11.1 Å². The molecular formula is C30H27N3O4S. The van der Waals surface area contributed by atoms with Crippen LogP contribution >= 0.6 is 0 Å². The molecule has 1 fully saturated rings. The number of rotatable bonds is 9. The molecular weight excluding hydrogens is 498 g/mol. The molecule has 0 aliphatic heterocycles. The molecule has 0 radical (unpaired) electrons. The second kappa shape index (κ2) is 10.9. The van der Waals surface area contributed by atoms with E-state index in [9.17, 15) is 18.0 Å². The van der Waals surface area contributed by atoms with Crippen molar-refractivity contribution in [2.75, 3.05) is 10.6 Å². The minimum absolute atomic E-state index is 0.000958. The first kappa shape index (κ1) is 25.2. The molecule has 1 saturated carbocycles. The molecule has 0 saturated heterocycles. The maximum Gasteiger partial charge on any atom is 0.265 e. The molecule has 1 aliphatic rings. The van der Waals surface area contributed by atoms with Gasteiger partial charge in [-0.05, 0) is 59.9 Å². The highest BCUT2D eigenvalue weighted by Gasteiger charge is 2.30. The molecule has 3 N–H and O–H groups in total. The molecule has 0 heterocycles. The summed E-state index contributed by atoms with van der Waals surface area (Å²) in [5, 5.41) is 6.23. The SMILES string of the molecule is O=C(NS(=O)(=O)c1ccccc1)c1ccc(NC(=O)C2CC2)c(NCc2ccc(-c3ccccc3)cc2)c1. The lowest BCUT2D eigenvalue weighted by Crippen LogP contribution is -2.30. The fraction of sp³-hybridized carbons (Fsp3) is 0.133. The van der Waals surface area contributed by atoms with Crippen LogP contribution in [-0.4, -0.2) is 20.2 Å². The fourth-order valence-electron chi connectivity index (χ4n) is 4.00. The number of nitrogens with one attached hydrogen (secondary N) is 3. The van der Waals surface area contributed by atoms with Gasteiger partial charge in [-0.3, -0.25) is 9.59 Å². The molecule has 5 rings (SSSR count). The van der Waals surface area contributed by atoms with E-state index < -0.39 is 15.9 Å². The van der Waals surface area contributed by atoms with Gasteiger partial charge < -0.3 is 10.6 Å².